The molecule has 27 heavy (non-hydrogen) atoms. The maximum Gasteiger partial charge on any atom is 0.243 e. The van der Waals surface area contributed by atoms with Gasteiger partial charge >= 0.3 is 0 Å². The summed E-state index contributed by atoms with van der Waals surface area (Å²) in [6.07, 6.45) is 1.93. The summed E-state index contributed by atoms with van der Waals surface area (Å²) in [5.41, 5.74) is 1.10. The molecule has 0 aromatic heterocycles. The quantitative estimate of drug-likeness (QED) is 0.829. The van der Waals surface area contributed by atoms with Gasteiger partial charge in [0.1, 0.15) is 0 Å². The van der Waals surface area contributed by atoms with Crippen LogP contribution in [0, 0.1) is 12.8 Å². The van der Waals surface area contributed by atoms with Crippen molar-refractivity contribution in [2.24, 2.45) is 5.92 Å². The molecule has 3 rings (SSSR count). The van der Waals surface area contributed by atoms with E-state index in [-0.39, 0.29) is 29.2 Å². The number of benzene rings is 1. The third kappa shape index (κ3) is 4.01. The van der Waals surface area contributed by atoms with Crippen LogP contribution in [0.15, 0.2) is 23.1 Å². The smallest absolute Gasteiger partial charge is 0.243 e. The Morgan fingerprint density at radius 1 is 1.22 bits per heavy atom. The zero-order chi connectivity index (χ0) is 19.8. The van der Waals surface area contributed by atoms with Gasteiger partial charge in [-0.2, -0.15) is 4.31 Å². The Bertz CT molecular complexity index is 845. The van der Waals surface area contributed by atoms with Gasteiger partial charge in [-0.1, -0.05) is 6.07 Å². The Morgan fingerprint density at radius 2 is 1.89 bits per heavy atom. The first-order valence-corrected chi connectivity index (χ1v) is 10.9. The molecule has 0 radical (unpaired) electrons. The molecular weight excluding hydrogens is 366 g/mol. The molecule has 0 aliphatic carbocycles. The molecule has 1 aromatic rings. The van der Waals surface area contributed by atoms with Crippen LogP contribution < -0.4 is 5.32 Å². The summed E-state index contributed by atoms with van der Waals surface area (Å²) >= 11 is 0. The van der Waals surface area contributed by atoms with E-state index in [1.54, 1.807) is 24.0 Å². The van der Waals surface area contributed by atoms with Crippen molar-refractivity contribution in [3.8, 4) is 0 Å². The van der Waals surface area contributed by atoms with Crippen LogP contribution in [-0.4, -0.2) is 55.1 Å². The third-order valence-electron chi connectivity index (χ3n) is 5.29. The lowest BCUT2D eigenvalue weighted by Gasteiger charge is -2.21. The summed E-state index contributed by atoms with van der Waals surface area (Å²) < 4.78 is 27.2. The molecule has 0 bridgehead atoms. The molecular formula is C19H27N3O4S. The molecule has 1 N–H and O–H groups in total. The largest absolute Gasteiger partial charge is 0.339 e. The van der Waals surface area contributed by atoms with E-state index in [0.29, 0.717) is 30.9 Å². The highest BCUT2D eigenvalue weighted by molar-refractivity contribution is 7.89. The fourth-order valence-corrected chi connectivity index (χ4v) is 5.44. The summed E-state index contributed by atoms with van der Waals surface area (Å²) in [5.74, 6) is -0.689. The maximum absolute atomic E-state index is 12.9. The average molecular weight is 394 g/mol. The standard InChI is InChI=1S/C19H27N3O4S/c1-13(2)22-12-15(10-18(22)23)19(24)20-16-7-6-14(3)17(11-16)27(25,26)21-8-4-5-9-21/h6-7,11,13,15H,4-5,8-10,12H2,1-3H3,(H,20,24)/t15-/m1/s1. The van der Waals surface area contributed by atoms with Crippen LogP contribution in [0.2, 0.25) is 0 Å². The lowest BCUT2D eigenvalue weighted by atomic mass is 10.1. The second-order valence-corrected chi connectivity index (χ2v) is 9.53. The lowest BCUT2D eigenvalue weighted by Crippen LogP contribution is -2.33. The number of rotatable bonds is 5. The SMILES string of the molecule is Cc1ccc(NC(=O)[C@@H]2CC(=O)N(C(C)C)C2)cc1S(=O)(=O)N1CCCC1. The van der Waals surface area contributed by atoms with Crippen LogP contribution in [0.1, 0.15) is 38.7 Å². The number of nitrogens with zero attached hydrogens (tertiary/aromatic N) is 2. The Morgan fingerprint density at radius 3 is 2.48 bits per heavy atom. The predicted octanol–water partition coefficient (Wildman–Crippen LogP) is 1.97. The molecule has 2 saturated heterocycles. The highest BCUT2D eigenvalue weighted by Crippen LogP contribution is 2.27. The minimum Gasteiger partial charge on any atom is -0.339 e. The van der Waals surface area contributed by atoms with Crippen molar-refractivity contribution in [2.45, 2.75) is 51.0 Å². The van der Waals surface area contributed by atoms with Gasteiger partial charge in [0.25, 0.3) is 0 Å². The van der Waals surface area contributed by atoms with Gasteiger partial charge in [0, 0.05) is 37.8 Å². The molecule has 148 valence electrons. The lowest BCUT2D eigenvalue weighted by molar-refractivity contribution is -0.129. The van der Waals surface area contributed by atoms with Crippen molar-refractivity contribution in [3.05, 3.63) is 23.8 Å². The van der Waals surface area contributed by atoms with Crippen LogP contribution >= 0.6 is 0 Å². The molecule has 2 heterocycles. The van der Waals surface area contributed by atoms with Gasteiger partial charge < -0.3 is 10.2 Å². The van der Waals surface area contributed by atoms with Crippen LogP contribution in [0.4, 0.5) is 5.69 Å². The van der Waals surface area contributed by atoms with Gasteiger partial charge in [0.05, 0.1) is 10.8 Å². The molecule has 1 aromatic carbocycles. The molecule has 7 nitrogen and oxygen atoms in total. The highest BCUT2D eigenvalue weighted by atomic mass is 32.2. The predicted molar refractivity (Wildman–Crippen MR) is 103 cm³/mol. The second-order valence-electron chi connectivity index (χ2n) is 7.62. The summed E-state index contributed by atoms with van der Waals surface area (Å²) in [7, 11) is -3.56. The summed E-state index contributed by atoms with van der Waals surface area (Å²) in [6, 6.07) is 5.00. The Kier molecular flexibility index (Phi) is 5.58. The number of amides is 2. The second kappa shape index (κ2) is 7.59. The molecule has 2 aliphatic heterocycles. The molecule has 0 unspecified atom stereocenters. The average Bonchev–Trinajstić information content (AvgIpc) is 3.26. The Labute approximate surface area is 160 Å². The fraction of sp³-hybridized carbons (Fsp3) is 0.579. The Balaban J connectivity index is 1.77. The zero-order valence-corrected chi connectivity index (χ0v) is 16.9. The van der Waals surface area contributed by atoms with E-state index in [4.69, 9.17) is 0 Å². The third-order valence-corrected chi connectivity index (χ3v) is 7.33. The van der Waals surface area contributed by atoms with Crippen LogP contribution in [0.25, 0.3) is 0 Å². The molecule has 2 aliphatic rings. The van der Waals surface area contributed by atoms with Crippen molar-refractivity contribution >= 4 is 27.5 Å². The van der Waals surface area contributed by atoms with E-state index in [1.807, 2.05) is 13.8 Å². The molecule has 2 fully saturated rings. The van der Waals surface area contributed by atoms with Crippen molar-refractivity contribution in [2.75, 3.05) is 25.0 Å². The van der Waals surface area contributed by atoms with E-state index in [2.05, 4.69) is 5.32 Å². The fourth-order valence-electron chi connectivity index (χ4n) is 3.67. The summed E-state index contributed by atoms with van der Waals surface area (Å²) in [6.45, 7) is 7.07. The first-order valence-electron chi connectivity index (χ1n) is 9.41. The monoisotopic (exact) mass is 393 g/mol. The molecule has 0 saturated carbocycles. The van der Waals surface area contributed by atoms with E-state index < -0.39 is 15.9 Å². The van der Waals surface area contributed by atoms with E-state index in [1.165, 1.54) is 10.4 Å². The first-order chi connectivity index (χ1) is 12.7. The first kappa shape index (κ1) is 19.8. The summed E-state index contributed by atoms with van der Waals surface area (Å²) in [4.78, 5) is 26.5. The van der Waals surface area contributed by atoms with Crippen LogP contribution in [0.5, 0.6) is 0 Å². The van der Waals surface area contributed by atoms with Crippen molar-refractivity contribution in [3.63, 3.8) is 0 Å². The maximum atomic E-state index is 12.9. The van der Waals surface area contributed by atoms with E-state index in [0.717, 1.165) is 12.8 Å². The minimum atomic E-state index is -3.56. The number of nitrogens with one attached hydrogen (secondary N) is 1. The number of anilines is 1. The van der Waals surface area contributed by atoms with E-state index in [9.17, 15) is 18.0 Å². The Hall–Kier alpha value is -1.93. The van der Waals surface area contributed by atoms with Gasteiger partial charge in [-0.15, -0.1) is 0 Å². The molecule has 1 atom stereocenters. The number of likely N-dealkylation sites (tertiary alicyclic amines) is 1. The van der Waals surface area contributed by atoms with Crippen molar-refractivity contribution < 1.29 is 18.0 Å². The number of sulfonamides is 1. The number of carbonyl (C=O) groups excluding carboxylic acids is 2. The van der Waals surface area contributed by atoms with Crippen molar-refractivity contribution in [1.82, 2.24) is 9.21 Å². The normalized spacial score (nSPS) is 21.3. The summed E-state index contributed by atoms with van der Waals surface area (Å²) in [5, 5.41) is 2.79. The molecule has 0 spiro atoms. The highest BCUT2D eigenvalue weighted by Gasteiger charge is 2.35. The number of hydrogen-bond acceptors (Lipinski definition) is 4. The van der Waals surface area contributed by atoms with Crippen LogP contribution in [-0.2, 0) is 19.6 Å². The zero-order valence-electron chi connectivity index (χ0n) is 16.1. The van der Waals surface area contributed by atoms with Gasteiger partial charge in [0.15, 0.2) is 0 Å². The topological polar surface area (TPSA) is 86.8 Å². The number of carbonyl (C=O) groups is 2. The van der Waals surface area contributed by atoms with Crippen molar-refractivity contribution in [1.29, 1.82) is 0 Å². The van der Waals surface area contributed by atoms with Gasteiger partial charge in [0.2, 0.25) is 21.8 Å². The van der Waals surface area contributed by atoms with Gasteiger partial charge in [-0.3, -0.25) is 9.59 Å². The minimum absolute atomic E-state index is 0.0219. The number of hydrogen-bond donors (Lipinski definition) is 1. The van der Waals surface area contributed by atoms with Gasteiger partial charge in [-0.25, -0.2) is 8.42 Å². The molecule has 2 amide bonds. The van der Waals surface area contributed by atoms with E-state index >= 15 is 0 Å². The van der Waals surface area contributed by atoms with Gasteiger partial charge in [-0.05, 0) is 51.3 Å². The van der Waals surface area contributed by atoms with Crippen LogP contribution in [0.3, 0.4) is 0 Å². The molecule has 8 heteroatoms. The number of aryl methyl sites for hydroxylation is 1.